The van der Waals surface area contributed by atoms with Gasteiger partial charge in [0.15, 0.2) is 0 Å². The molecular weight excluding hydrogens is 383 g/mol. The van der Waals surface area contributed by atoms with Gasteiger partial charge in [-0.25, -0.2) is 8.42 Å². The van der Waals surface area contributed by atoms with Crippen molar-refractivity contribution in [2.45, 2.75) is 31.7 Å². The molecule has 0 aliphatic heterocycles. The summed E-state index contributed by atoms with van der Waals surface area (Å²) in [5.74, 6) is -0.314. The maximum Gasteiger partial charge on any atom is 0.261 e. The molecule has 0 fully saturated rings. The molecule has 0 unspecified atom stereocenters. The third-order valence-corrected chi connectivity index (χ3v) is 5.45. The van der Waals surface area contributed by atoms with Gasteiger partial charge in [-0.3, -0.25) is 9.52 Å². The second-order valence-corrected chi connectivity index (χ2v) is 8.34. The van der Waals surface area contributed by atoms with Crippen LogP contribution in [0.4, 0.5) is 5.69 Å². The molecule has 5 nitrogen and oxygen atoms in total. The van der Waals surface area contributed by atoms with Crippen LogP contribution in [-0.2, 0) is 10.0 Å². The normalized spacial score (nSPS) is 11.4. The number of halogens is 2. The van der Waals surface area contributed by atoms with Gasteiger partial charge in [0.1, 0.15) is 0 Å². The van der Waals surface area contributed by atoms with Crippen LogP contribution >= 0.6 is 23.2 Å². The lowest BCUT2D eigenvalue weighted by Crippen LogP contribution is -2.30. The average molecular weight is 401 g/mol. The standard InChI is InChI=1S/C17H18Cl2N2O3S/c1-10(2)20-17(22)12-5-7-14(18)16(8-12)21-25(23,24)13-6-4-11(3)15(19)9-13/h4-10,21H,1-3H3,(H,20,22). The highest BCUT2D eigenvalue weighted by molar-refractivity contribution is 7.92. The maximum atomic E-state index is 12.5. The summed E-state index contributed by atoms with van der Waals surface area (Å²) in [4.78, 5) is 12.1. The van der Waals surface area contributed by atoms with Crippen molar-refractivity contribution in [2.24, 2.45) is 0 Å². The average Bonchev–Trinajstić information content (AvgIpc) is 2.51. The largest absolute Gasteiger partial charge is 0.350 e. The van der Waals surface area contributed by atoms with Crippen LogP contribution in [0, 0.1) is 6.92 Å². The zero-order chi connectivity index (χ0) is 18.8. The molecule has 25 heavy (non-hydrogen) atoms. The van der Waals surface area contributed by atoms with Crippen LogP contribution in [0.1, 0.15) is 29.8 Å². The summed E-state index contributed by atoms with van der Waals surface area (Å²) in [5, 5.41) is 3.27. The van der Waals surface area contributed by atoms with Gasteiger partial charge in [0, 0.05) is 16.6 Å². The predicted octanol–water partition coefficient (Wildman–Crippen LogP) is 4.24. The van der Waals surface area contributed by atoms with Crippen LogP contribution < -0.4 is 10.0 Å². The van der Waals surface area contributed by atoms with Gasteiger partial charge in [-0.15, -0.1) is 0 Å². The molecule has 0 aliphatic carbocycles. The van der Waals surface area contributed by atoms with E-state index in [0.29, 0.717) is 10.6 Å². The quantitative estimate of drug-likeness (QED) is 0.787. The molecule has 0 spiro atoms. The monoisotopic (exact) mass is 400 g/mol. The molecule has 0 saturated heterocycles. The molecule has 1 amide bonds. The zero-order valence-corrected chi connectivity index (χ0v) is 16.3. The van der Waals surface area contributed by atoms with Crippen molar-refractivity contribution in [1.29, 1.82) is 0 Å². The van der Waals surface area contributed by atoms with E-state index < -0.39 is 10.0 Å². The van der Waals surface area contributed by atoms with Crippen LogP contribution in [-0.4, -0.2) is 20.4 Å². The molecule has 2 rings (SSSR count). The van der Waals surface area contributed by atoms with Crippen molar-refractivity contribution in [1.82, 2.24) is 5.32 Å². The molecule has 2 aromatic rings. The number of hydrogen-bond donors (Lipinski definition) is 2. The smallest absolute Gasteiger partial charge is 0.261 e. The van der Waals surface area contributed by atoms with E-state index in [0.717, 1.165) is 5.56 Å². The van der Waals surface area contributed by atoms with Gasteiger partial charge in [-0.1, -0.05) is 29.3 Å². The fraction of sp³-hybridized carbons (Fsp3) is 0.235. The first kappa shape index (κ1) is 19.6. The molecule has 0 atom stereocenters. The minimum atomic E-state index is -3.89. The Morgan fingerprint density at radius 3 is 2.32 bits per heavy atom. The van der Waals surface area contributed by atoms with E-state index in [1.54, 1.807) is 13.0 Å². The zero-order valence-electron chi connectivity index (χ0n) is 13.9. The van der Waals surface area contributed by atoms with Gasteiger partial charge < -0.3 is 5.32 Å². The third kappa shape index (κ3) is 4.87. The first-order valence-electron chi connectivity index (χ1n) is 7.49. The number of sulfonamides is 1. The van der Waals surface area contributed by atoms with Crippen molar-refractivity contribution in [3.05, 3.63) is 57.6 Å². The van der Waals surface area contributed by atoms with Crippen molar-refractivity contribution in [3.63, 3.8) is 0 Å². The van der Waals surface area contributed by atoms with Crippen LogP contribution in [0.15, 0.2) is 41.3 Å². The number of nitrogens with one attached hydrogen (secondary N) is 2. The second-order valence-electron chi connectivity index (χ2n) is 5.84. The van der Waals surface area contributed by atoms with E-state index in [4.69, 9.17) is 23.2 Å². The van der Waals surface area contributed by atoms with Crippen molar-refractivity contribution in [2.75, 3.05) is 4.72 Å². The number of amides is 1. The molecular formula is C17H18Cl2N2O3S. The van der Waals surface area contributed by atoms with Gasteiger partial charge in [0.05, 0.1) is 15.6 Å². The number of aryl methyl sites for hydroxylation is 1. The highest BCUT2D eigenvalue weighted by Crippen LogP contribution is 2.27. The van der Waals surface area contributed by atoms with E-state index in [9.17, 15) is 13.2 Å². The third-order valence-electron chi connectivity index (χ3n) is 3.35. The van der Waals surface area contributed by atoms with Gasteiger partial charge in [0.2, 0.25) is 0 Å². The highest BCUT2D eigenvalue weighted by atomic mass is 35.5. The highest BCUT2D eigenvalue weighted by Gasteiger charge is 2.18. The number of carbonyl (C=O) groups is 1. The molecule has 0 heterocycles. The Bertz CT molecular complexity index is 912. The number of anilines is 1. The topological polar surface area (TPSA) is 75.3 Å². The molecule has 134 valence electrons. The maximum absolute atomic E-state index is 12.5. The Kier molecular flexibility index (Phi) is 5.98. The summed E-state index contributed by atoms with van der Waals surface area (Å²) in [6.07, 6.45) is 0. The molecule has 0 aliphatic rings. The lowest BCUT2D eigenvalue weighted by Gasteiger charge is -2.13. The molecule has 2 N–H and O–H groups in total. The van der Waals surface area contributed by atoms with E-state index in [-0.39, 0.29) is 27.6 Å². The lowest BCUT2D eigenvalue weighted by molar-refractivity contribution is 0.0943. The van der Waals surface area contributed by atoms with Crippen LogP contribution in [0.2, 0.25) is 10.0 Å². The number of carbonyl (C=O) groups excluding carboxylic acids is 1. The molecule has 0 radical (unpaired) electrons. The molecule has 0 aromatic heterocycles. The van der Waals surface area contributed by atoms with Crippen molar-refractivity contribution >= 4 is 44.8 Å². The molecule has 8 heteroatoms. The Labute approximate surface area is 157 Å². The minimum absolute atomic E-state index is 0.0104. The Balaban J connectivity index is 2.35. The first-order chi connectivity index (χ1) is 11.6. The fourth-order valence-electron chi connectivity index (χ4n) is 2.03. The van der Waals surface area contributed by atoms with Gasteiger partial charge in [-0.2, -0.15) is 0 Å². The fourth-order valence-corrected chi connectivity index (χ4v) is 3.60. The Morgan fingerprint density at radius 1 is 1.04 bits per heavy atom. The van der Waals surface area contributed by atoms with Crippen molar-refractivity contribution in [3.8, 4) is 0 Å². The summed E-state index contributed by atoms with van der Waals surface area (Å²) in [6, 6.07) is 8.78. The van der Waals surface area contributed by atoms with E-state index in [2.05, 4.69) is 10.0 Å². The molecule has 2 aromatic carbocycles. The van der Waals surface area contributed by atoms with E-state index in [1.165, 1.54) is 30.3 Å². The minimum Gasteiger partial charge on any atom is -0.350 e. The summed E-state index contributed by atoms with van der Waals surface area (Å²) in [5.41, 5.74) is 1.19. The van der Waals surface area contributed by atoms with Gasteiger partial charge in [0.25, 0.3) is 15.9 Å². The summed E-state index contributed by atoms with van der Waals surface area (Å²) in [7, 11) is -3.89. The van der Waals surface area contributed by atoms with E-state index in [1.807, 2.05) is 13.8 Å². The van der Waals surface area contributed by atoms with E-state index >= 15 is 0 Å². The molecule has 0 saturated carbocycles. The SMILES string of the molecule is Cc1ccc(S(=O)(=O)Nc2cc(C(=O)NC(C)C)ccc2Cl)cc1Cl. The summed E-state index contributed by atoms with van der Waals surface area (Å²) in [6.45, 7) is 5.44. The Morgan fingerprint density at radius 2 is 1.72 bits per heavy atom. The predicted molar refractivity (Wildman–Crippen MR) is 101 cm³/mol. The summed E-state index contributed by atoms with van der Waals surface area (Å²) < 4.78 is 27.5. The molecule has 0 bridgehead atoms. The number of benzene rings is 2. The van der Waals surface area contributed by atoms with Crippen LogP contribution in [0.25, 0.3) is 0 Å². The number of hydrogen-bond acceptors (Lipinski definition) is 3. The number of rotatable bonds is 5. The van der Waals surface area contributed by atoms with Crippen LogP contribution in [0.5, 0.6) is 0 Å². The second kappa shape index (κ2) is 7.64. The first-order valence-corrected chi connectivity index (χ1v) is 9.73. The van der Waals surface area contributed by atoms with Gasteiger partial charge in [-0.05, 0) is 56.7 Å². The lowest BCUT2D eigenvalue weighted by atomic mass is 10.2. The van der Waals surface area contributed by atoms with Crippen LogP contribution in [0.3, 0.4) is 0 Å². The Hall–Kier alpha value is -1.76. The summed E-state index contributed by atoms with van der Waals surface area (Å²) >= 11 is 12.1. The van der Waals surface area contributed by atoms with Crippen molar-refractivity contribution < 1.29 is 13.2 Å². The van der Waals surface area contributed by atoms with Gasteiger partial charge >= 0.3 is 0 Å².